The van der Waals surface area contributed by atoms with Gasteiger partial charge in [-0.05, 0) is 0 Å². The van der Waals surface area contributed by atoms with E-state index in [0.717, 1.165) is 13.1 Å². The summed E-state index contributed by atoms with van der Waals surface area (Å²) in [4.78, 5) is 0. The summed E-state index contributed by atoms with van der Waals surface area (Å²) in [5.74, 6) is 0.547. The Balaban J connectivity index is 2.25. The van der Waals surface area contributed by atoms with Crippen molar-refractivity contribution in [2.24, 2.45) is 0 Å². The molecule has 0 bridgehead atoms. The largest absolute Gasteiger partial charge is 0.372 e. The summed E-state index contributed by atoms with van der Waals surface area (Å²) in [7, 11) is 0. The highest BCUT2D eigenvalue weighted by Gasteiger charge is 2.00. The van der Waals surface area contributed by atoms with Crippen molar-refractivity contribution in [3.8, 4) is 0 Å². The molecule has 0 atom stereocenters. The normalized spacial score (nSPS) is 21.4. The quantitative estimate of drug-likeness (QED) is 0.408. The highest BCUT2D eigenvalue weighted by molar-refractivity contribution is 5.81. The van der Waals surface area contributed by atoms with E-state index in [2.05, 4.69) is 10.6 Å². The minimum Gasteiger partial charge on any atom is -0.372 e. The van der Waals surface area contributed by atoms with Crippen molar-refractivity contribution in [3.05, 3.63) is 0 Å². The summed E-state index contributed by atoms with van der Waals surface area (Å²) in [6.07, 6.45) is 0. The molecule has 0 amide bonds. The van der Waals surface area contributed by atoms with Gasteiger partial charge in [0.1, 0.15) is 5.84 Å². The van der Waals surface area contributed by atoms with E-state index in [1.165, 1.54) is 0 Å². The second kappa shape index (κ2) is 1.93. The summed E-state index contributed by atoms with van der Waals surface area (Å²) in [5, 5.41) is 13.8. The molecule has 1 aliphatic heterocycles. The van der Waals surface area contributed by atoms with E-state index in [-0.39, 0.29) is 0 Å². The molecular formula is C4H8N3. The van der Waals surface area contributed by atoms with Gasteiger partial charge in [0, 0.05) is 13.1 Å². The van der Waals surface area contributed by atoms with Crippen LogP contribution in [-0.2, 0) is 0 Å². The van der Waals surface area contributed by atoms with Crippen molar-refractivity contribution in [1.29, 1.82) is 5.41 Å². The van der Waals surface area contributed by atoms with Gasteiger partial charge >= 0.3 is 0 Å². The molecule has 1 rings (SSSR count). The minimum absolute atomic E-state index is 0.547. The molecule has 1 fully saturated rings. The number of nitrogens with one attached hydrogen (secondary N) is 2. The zero-order chi connectivity index (χ0) is 5.11. The van der Waals surface area contributed by atoms with E-state index in [9.17, 15) is 0 Å². The van der Waals surface area contributed by atoms with Crippen LogP contribution in [0.1, 0.15) is 0 Å². The van der Waals surface area contributed by atoms with Gasteiger partial charge in [-0.1, -0.05) is 0 Å². The molecule has 39 valence electrons. The summed E-state index contributed by atoms with van der Waals surface area (Å²) >= 11 is 0. The lowest BCUT2D eigenvalue weighted by Gasteiger charge is -2.12. The first-order chi connectivity index (χ1) is 3.39. The maximum atomic E-state index is 6.98. The molecule has 0 unspecified atom stereocenters. The van der Waals surface area contributed by atoms with Crippen LogP contribution in [0.3, 0.4) is 0 Å². The van der Waals surface area contributed by atoms with Crippen molar-refractivity contribution in [2.45, 2.75) is 0 Å². The zero-order valence-electron chi connectivity index (χ0n) is 4.07. The number of piperazine rings is 1. The molecule has 0 spiro atoms. The Morgan fingerprint density at radius 1 is 1.71 bits per heavy atom. The topological polar surface area (TPSA) is 50.0 Å². The average Bonchev–Trinajstić information content (AvgIpc) is 1.69. The third kappa shape index (κ3) is 1.16. The number of hydrogen-bond acceptors (Lipinski definition) is 1. The average molecular weight is 98.1 g/mol. The fourth-order valence-electron chi connectivity index (χ4n) is 0.533. The summed E-state index contributed by atoms with van der Waals surface area (Å²) in [5.41, 5.74) is 0. The third-order valence-electron chi connectivity index (χ3n) is 0.878. The number of amidine groups is 1. The monoisotopic (exact) mass is 98.1 g/mol. The fraction of sp³-hybridized carbons (Fsp3) is 0.750. The lowest BCUT2D eigenvalue weighted by Crippen LogP contribution is -2.40. The van der Waals surface area contributed by atoms with Gasteiger partial charge < -0.3 is 5.32 Å². The van der Waals surface area contributed by atoms with E-state index >= 15 is 0 Å². The van der Waals surface area contributed by atoms with Gasteiger partial charge in [-0.2, -0.15) is 0 Å². The molecule has 1 radical (unpaired) electrons. The first-order valence-electron chi connectivity index (χ1n) is 2.34. The zero-order valence-corrected chi connectivity index (χ0v) is 4.07. The molecule has 0 saturated carbocycles. The van der Waals surface area contributed by atoms with Gasteiger partial charge in [-0.3, -0.25) is 5.41 Å². The minimum atomic E-state index is 0.547. The maximum absolute atomic E-state index is 6.98. The molecule has 1 heterocycles. The number of hydrogen-bond donors (Lipinski definition) is 2. The third-order valence-corrected chi connectivity index (χ3v) is 0.878. The first-order valence-corrected chi connectivity index (χ1v) is 2.34. The Bertz CT molecular complexity index is 71.0. The van der Waals surface area contributed by atoms with Crippen LogP contribution in [0.5, 0.6) is 0 Å². The second-order valence-corrected chi connectivity index (χ2v) is 1.51. The lowest BCUT2D eigenvalue weighted by molar-refractivity contribution is 0.659. The summed E-state index contributed by atoms with van der Waals surface area (Å²) in [6.45, 7) is 2.29. The molecule has 3 heteroatoms. The van der Waals surface area contributed by atoms with Gasteiger partial charge in [0.25, 0.3) is 0 Å². The van der Waals surface area contributed by atoms with Crippen molar-refractivity contribution in [1.82, 2.24) is 10.6 Å². The predicted octanol–water partition coefficient (Wildman–Crippen LogP) is -0.829. The first kappa shape index (κ1) is 4.59. The summed E-state index contributed by atoms with van der Waals surface area (Å²) < 4.78 is 0. The number of nitrogens with zero attached hydrogens (tertiary/aromatic N) is 1. The van der Waals surface area contributed by atoms with Crippen LogP contribution in [0.15, 0.2) is 0 Å². The van der Waals surface area contributed by atoms with Gasteiger partial charge in [-0.25, -0.2) is 5.32 Å². The van der Waals surface area contributed by atoms with Crippen LogP contribution in [0, 0.1) is 5.41 Å². The SMILES string of the molecule is N=C1C[N]CCN1. The van der Waals surface area contributed by atoms with Crippen molar-refractivity contribution in [2.75, 3.05) is 19.6 Å². The van der Waals surface area contributed by atoms with E-state index in [4.69, 9.17) is 5.41 Å². The van der Waals surface area contributed by atoms with Crippen LogP contribution in [0.25, 0.3) is 0 Å². The predicted molar refractivity (Wildman–Crippen MR) is 27.6 cm³/mol. The molecule has 3 nitrogen and oxygen atoms in total. The van der Waals surface area contributed by atoms with Crippen LogP contribution in [0.4, 0.5) is 0 Å². The lowest BCUT2D eigenvalue weighted by atomic mass is 10.4. The Kier molecular flexibility index (Phi) is 1.26. The van der Waals surface area contributed by atoms with E-state index in [1.807, 2.05) is 0 Å². The Hall–Kier alpha value is -0.570. The molecule has 0 aromatic heterocycles. The van der Waals surface area contributed by atoms with Crippen LogP contribution < -0.4 is 10.6 Å². The van der Waals surface area contributed by atoms with E-state index in [0.29, 0.717) is 12.4 Å². The Morgan fingerprint density at radius 3 is 2.86 bits per heavy atom. The smallest absolute Gasteiger partial charge is 0.109 e. The van der Waals surface area contributed by atoms with Crippen molar-refractivity contribution in [3.63, 3.8) is 0 Å². The van der Waals surface area contributed by atoms with Gasteiger partial charge in [0.05, 0.1) is 6.54 Å². The van der Waals surface area contributed by atoms with Gasteiger partial charge in [0.2, 0.25) is 0 Å². The van der Waals surface area contributed by atoms with Gasteiger partial charge in [0.15, 0.2) is 0 Å². The molecule has 1 aliphatic rings. The molecule has 1 saturated heterocycles. The molecule has 7 heavy (non-hydrogen) atoms. The summed E-state index contributed by atoms with van der Waals surface area (Å²) in [6, 6.07) is 0. The highest BCUT2D eigenvalue weighted by Crippen LogP contribution is 1.73. The fourth-order valence-corrected chi connectivity index (χ4v) is 0.533. The molecule has 0 aromatic rings. The van der Waals surface area contributed by atoms with E-state index in [1.54, 1.807) is 0 Å². The standard InChI is InChI=1S/C4H8N3/c5-4-3-6-1-2-7-4/h1-3H2,(H2,5,7). The Morgan fingerprint density at radius 2 is 2.57 bits per heavy atom. The molecular weight excluding hydrogens is 90.1 g/mol. The van der Waals surface area contributed by atoms with Crippen molar-refractivity contribution < 1.29 is 0 Å². The molecule has 0 aliphatic carbocycles. The highest BCUT2D eigenvalue weighted by atomic mass is 15.1. The Labute approximate surface area is 42.6 Å². The van der Waals surface area contributed by atoms with Crippen molar-refractivity contribution >= 4 is 5.84 Å². The van der Waals surface area contributed by atoms with Crippen LogP contribution in [0.2, 0.25) is 0 Å². The van der Waals surface area contributed by atoms with Crippen LogP contribution in [-0.4, -0.2) is 25.5 Å². The van der Waals surface area contributed by atoms with Gasteiger partial charge in [-0.15, -0.1) is 0 Å². The van der Waals surface area contributed by atoms with E-state index < -0.39 is 0 Å². The second-order valence-electron chi connectivity index (χ2n) is 1.51. The van der Waals surface area contributed by atoms with Crippen LogP contribution >= 0.6 is 0 Å². The number of rotatable bonds is 0. The maximum Gasteiger partial charge on any atom is 0.109 e. The molecule has 2 N–H and O–H groups in total. The molecule has 0 aromatic carbocycles.